The molecule has 0 aliphatic heterocycles. The molecule has 18 rings (SSSR count). The molecular weight excluding hydrogens is 1080 g/mol. The molecule has 0 saturated carbocycles. The van der Waals surface area contributed by atoms with Crippen LogP contribution in [0.25, 0.3) is 140 Å². The first kappa shape index (κ1) is 50.9. The van der Waals surface area contributed by atoms with Crippen molar-refractivity contribution >= 4 is 21.8 Å². The number of aromatic nitrogens is 4. The summed E-state index contributed by atoms with van der Waals surface area (Å²) in [5.41, 5.74) is 30.3. The van der Waals surface area contributed by atoms with Crippen molar-refractivity contribution in [1.82, 2.24) is 19.5 Å². The molecule has 0 amide bonds. The Morgan fingerprint density at radius 2 is 0.697 bits per heavy atom. The van der Waals surface area contributed by atoms with Crippen molar-refractivity contribution in [2.45, 2.75) is 24.7 Å². The summed E-state index contributed by atoms with van der Waals surface area (Å²) in [4.78, 5) is 16.1. The van der Waals surface area contributed by atoms with E-state index in [-0.39, 0.29) is 5.41 Å². The first-order valence-electron chi connectivity index (χ1n) is 30.8. The van der Waals surface area contributed by atoms with E-state index < -0.39 is 5.41 Å². The Morgan fingerprint density at radius 3 is 1.37 bits per heavy atom. The average molecular weight is 1130 g/mol. The Hall–Kier alpha value is -11.3. The van der Waals surface area contributed by atoms with Crippen LogP contribution in [0.4, 0.5) is 0 Å². The van der Waals surface area contributed by atoms with E-state index in [4.69, 9.17) is 15.0 Å². The molecular formula is C85H56N4. The SMILES string of the molecule is CC1(C)c2ccccc2-c2cc(-c3nc(-c4ccc(-c5cccc(-c6ccccc6-n6c7ccccc7c7ccc8c(c76)-c6ccccc6C86c7ccccc7-c7ccccc76)c5)cc4)nc(-c4cc(-c5ccccc5)cc(-c5ccccc5)c4)n3)ccc21. The summed E-state index contributed by atoms with van der Waals surface area (Å²) in [5, 5.41) is 2.48. The van der Waals surface area contributed by atoms with Crippen molar-refractivity contribution in [3.63, 3.8) is 0 Å². The van der Waals surface area contributed by atoms with E-state index in [9.17, 15) is 0 Å². The standard InChI is InChI=1S/C85H56N4/c1-84(2)71-34-15-9-31-66(71)70-52-59(44-46-72(70)84)82-86-81(87-83(88-82)62-50-60(53-22-5-3-6-23-53)49-61(51-62)54-24-7-4-8-25-54)56-42-40-55(41-43-56)57-26-21-27-58(48-57)63-28-13-19-38-77(63)89-78-39-20-14-32-67(78)68-45-47-76-79(80(68)89)69-33-12-18-37-75(69)85(76)73-35-16-10-29-64(73)65-30-11-17-36-74(65)85/h3-52H,1-2H3. The lowest BCUT2D eigenvalue weighted by Gasteiger charge is -2.30. The number of fused-ring (bicyclic) bond motifs is 17. The second-order valence-electron chi connectivity index (χ2n) is 24.6. The molecule has 3 aliphatic carbocycles. The summed E-state index contributed by atoms with van der Waals surface area (Å²) in [6.45, 7) is 4.64. The van der Waals surface area contributed by atoms with E-state index in [0.717, 1.165) is 66.9 Å². The number of hydrogen-bond donors (Lipinski definition) is 0. The number of nitrogens with zero attached hydrogens (tertiary/aromatic N) is 4. The van der Waals surface area contributed by atoms with Crippen LogP contribution < -0.4 is 0 Å². The highest BCUT2D eigenvalue weighted by Crippen LogP contribution is 2.64. The fourth-order valence-electron chi connectivity index (χ4n) is 15.4. The molecule has 0 unspecified atom stereocenters. The van der Waals surface area contributed by atoms with Gasteiger partial charge >= 0.3 is 0 Å². The fourth-order valence-corrected chi connectivity index (χ4v) is 15.4. The third-order valence-electron chi connectivity index (χ3n) is 19.5. The van der Waals surface area contributed by atoms with Crippen LogP contribution in [0.15, 0.2) is 303 Å². The predicted molar refractivity (Wildman–Crippen MR) is 366 cm³/mol. The Labute approximate surface area is 517 Å². The average Bonchev–Trinajstić information content (AvgIpc) is 1.50. The third-order valence-corrected chi connectivity index (χ3v) is 19.5. The molecule has 0 radical (unpaired) electrons. The number of hydrogen-bond acceptors (Lipinski definition) is 3. The maximum atomic E-state index is 5.39. The maximum absolute atomic E-state index is 5.39. The highest BCUT2D eigenvalue weighted by molar-refractivity contribution is 6.17. The molecule has 13 aromatic carbocycles. The zero-order valence-electron chi connectivity index (χ0n) is 49.2. The van der Waals surface area contributed by atoms with Crippen LogP contribution in [0.2, 0.25) is 0 Å². The number of rotatable bonds is 8. The van der Waals surface area contributed by atoms with Crippen LogP contribution in [-0.2, 0) is 10.8 Å². The molecule has 15 aromatic rings. The van der Waals surface area contributed by atoms with Gasteiger partial charge in [-0.05, 0) is 143 Å². The van der Waals surface area contributed by atoms with E-state index in [1.807, 2.05) is 0 Å². The Balaban J connectivity index is 0.765. The normalized spacial score (nSPS) is 13.5. The van der Waals surface area contributed by atoms with Crippen LogP contribution in [0.5, 0.6) is 0 Å². The van der Waals surface area contributed by atoms with E-state index >= 15 is 0 Å². The predicted octanol–water partition coefficient (Wildman–Crippen LogP) is 21.3. The molecule has 89 heavy (non-hydrogen) atoms. The van der Waals surface area contributed by atoms with Gasteiger partial charge in [-0.3, -0.25) is 0 Å². The lowest BCUT2D eigenvalue weighted by molar-refractivity contribution is 0.660. The van der Waals surface area contributed by atoms with Crippen molar-refractivity contribution in [3.8, 4) is 118 Å². The van der Waals surface area contributed by atoms with Crippen LogP contribution in [0.3, 0.4) is 0 Å². The molecule has 0 N–H and O–H groups in total. The quantitative estimate of drug-likeness (QED) is 0.152. The smallest absolute Gasteiger partial charge is 0.164 e. The highest BCUT2D eigenvalue weighted by Gasteiger charge is 2.52. The highest BCUT2D eigenvalue weighted by atomic mass is 15.0. The van der Waals surface area contributed by atoms with Crippen LogP contribution in [0, 0.1) is 0 Å². The van der Waals surface area contributed by atoms with Gasteiger partial charge in [0.2, 0.25) is 0 Å². The Bertz CT molecular complexity index is 5300. The molecule has 0 fully saturated rings. The molecule has 0 saturated heterocycles. The summed E-state index contributed by atoms with van der Waals surface area (Å²) in [5.74, 6) is 1.85. The minimum absolute atomic E-state index is 0.127. The Kier molecular flexibility index (Phi) is 11.2. The molecule has 2 aromatic heterocycles. The summed E-state index contributed by atoms with van der Waals surface area (Å²) in [6.07, 6.45) is 0. The first-order chi connectivity index (χ1) is 43.9. The van der Waals surface area contributed by atoms with Gasteiger partial charge in [0.25, 0.3) is 0 Å². The van der Waals surface area contributed by atoms with Crippen molar-refractivity contribution in [3.05, 3.63) is 337 Å². The lowest BCUT2D eigenvalue weighted by atomic mass is 9.70. The van der Waals surface area contributed by atoms with Gasteiger partial charge in [0.1, 0.15) is 0 Å². The molecule has 4 nitrogen and oxygen atoms in total. The first-order valence-corrected chi connectivity index (χ1v) is 30.8. The van der Waals surface area contributed by atoms with Gasteiger partial charge in [-0.2, -0.15) is 0 Å². The minimum Gasteiger partial charge on any atom is -0.308 e. The molecule has 4 heteroatoms. The van der Waals surface area contributed by atoms with Crippen molar-refractivity contribution in [2.75, 3.05) is 0 Å². The fraction of sp³-hybridized carbons (Fsp3) is 0.0471. The summed E-state index contributed by atoms with van der Waals surface area (Å²) < 4.78 is 2.56. The second kappa shape index (κ2) is 19.6. The number of para-hydroxylation sites is 2. The zero-order valence-corrected chi connectivity index (χ0v) is 49.2. The third kappa shape index (κ3) is 7.63. The van der Waals surface area contributed by atoms with Gasteiger partial charge in [-0.1, -0.05) is 275 Å². The van der Waals surface area contributed by atoms with Crippen molar-refractivity contribution < 1.29 is 0 Å². The topological polar surface area (TPSA) is 43.6 Å². The Morgan fingerprint density at radius 1 is 0.258 bits per heavy atom. The monoisotopic (exact) mass is 1130 g/mol. The van der Waals surface area contributed by atoms with Crippen molar-refractivity contribution in [2.24, 2.45) is 0 Å². The van der Waals surface area contributed by atoms with Gasteiger partial charge in [0.05, 0.1) is 22.1 Å². The summed E-state index contributed by atoms with van der Waals surface area (Å²) in [7, 11) is 0. The molecule has 0 bridgehead atoms. The molecule has 1 spiro atoms. The van der Waals surface area contributed by atoms with Gasteiger partial charge in [0.15, 0.2) is 17.5 Å². The van der Waals surface area contributed by atoms with E-state index in [1.54, 1.807) is 0 Å². The number of benzene rings is 13. The van der Waals surface area contributed by atoms with E-state index in [0.29, 0.717) is 17.5 Å². The van der Waals surface area contributed by atoms with Gasteiger partial charge < -0.3 is 4.57 Å². The van der Waals surface area contributed by atoms with Crippen LogP contribution in [-0.4, -0.2) is 19.5 Å². The molecule has 3 aliphatic rings. The van der Waals surface area contributed by atoms with Crippen LogP contribution in [0.1, 0.15) is 47.2 Å². The van der Waals surface area contributed by atoms with E-state index in [1.165, 1.54) is 88.6 Å². The largest absolute Gasteiger partial charge is 0.308 e. The van der Waals surface area contributed by atoms with Gasteiger partial charge in [-0.15, -0.1) is 0 Å². The van der Waals surface area contributed by atoms with Crippen molar-refractivity contribution in [1.29, 1.82) is 0 Å². The summed E-state index contributed by atoms with van der Waals surface area (Å²) in [6, 6.07) is 111. The lowest BCUT2D eigenvalue weighted by Crippen LogP contribution is -2.25. The molecule has 0 atom stereocenters. The molecule has 2 heterocycles. The van der Waals surface area contributed by atoms with Crippen LogP contribution >= 0.6 is 0 Å². The molecule has 416 valence electrons. The van der Waals surface area contributed by atoms with E-state index in [2.05, 4.69) is 322 Å². The maximum Gasteiger partial charge on any atom is 0.164 e. The zero-order chi connectivity index (χ0) is 59.0. The summed E-state index contributed by atoms with van der Waals surface area (Å²) >= 11 is 0. The minimum atomic E-state index is -0.458. The van der Waals surface area contributed by atoms with Gasteiger partial charge in [0, 0.05) is 44.0 Å². The van der Waals surface area contributed by atoms with Gasteiger partial charge in [-0.25, -0.2) is 15.0 Å². The second-order valence-corrected chi connectivity index (χ2v) is 24.6.